The first-order valence-corrected chi connectivity index (χ1v) is 5.07. The van der Waals surface area contributed by atoms with Crippen LogP contribution < -0.4 is 0 Å². The lowest BCUT2D eigenvalue weighted by Crippen LogP contribution is -2.07. The van der Waals surface area contributed by atoms with Crippen molar-refractivity contribution in [3.8, 4) is 0 Å². The van der Waals surface area contributed by atoms with E-state index < -0.39 is 0 Å². The molecule has 0 N–H and O–H groups in total. The maximum absolute atomic E-state index is 5.46. The summed E-state index contributed by atoms with van der Waals surface area (Å²) in [6.45, 7) is 0.827. The third-order valence-corrected chi connectivity index (χ3v) is 2.67. The summed E-state index contributed by atoms with van der Waals surface area (Å²) in [6.07, 6.45) is 2.13. The molecule has 14 heavy (non-hydrogen) atoms. The van der Waals surface area contributed by atoms with Crippen LogP contribution in [-0.4, -0.2) is 20.0 Å². The van der Waals surface area contributed by atoms with Gasteiger partial charge in [0.25, 0.3) is 0 Å². The van der Waals surface area contributed by atoms with Gasteiger partial charge in [0.15, 0.2) is 6.29 Å². The van der Waals surface area contributed by atoms with Crippen molar-refractivity contribution in [2.24, 2.45) is 5.92 Å². The van der Waals surface area contributed by atoms with Crippen molar-refractivity contribution in [3.05, 3.63) is 35.9 Å². The molecule has 0 amide bonds. The molecule has 1 aromatic rings. The molecular formula is C12H16O2. The first-order valence-electron chi connectivity index (χ1n) is 5.07. The van der Waals surface area contributed by atoms with Crippen LogP contribution in [0.15, 0.2) is 30.3 Å². The summed E-state index contributed by atoms with van der Waals surface area (Å²) >= 11 is 0. The number of hydrogen-bond acceptors (Lipinski definition) is 2. The van der Waals surface area contributed by atoms with E-state index in [-0.39, 0.29) is 6.29 Å². The van der Waals surface area contributed by atoms with Crippen LogP contribution in [0.25, 0.3) is 0 Å². The Kier molecular flexibility index (Phi) is 3.17. The maximum Gasteiger partial charge on any atom is 0.157 e. The molecule has 1 aliphatic heterocycles. The van der Waals surface area contributed by atoms with Crippen molar-refractivity contribution in [2.45, 2.75) is 19.1 Å². The Hall–Kier alpha value is -0.860. The standard InChI is InChI=1S/C12H16O2/c1-13-12-8-11(9-14-12)7-10-5-3-2-4-6-10/h2-6,11-12H,7-9H2,1H3. The maximum atomic E-state index is 5.46. The van der Waals surface area contributed by atoms with Crippen molar-refractivity contribution in [2.75, 3.05) is 13.7 Å². The fourth-order valence-electron chi connectivity index (χ4n) is 1.91. The quantitative estimate of drug-likeness (QED) is 0.731. The molecule has 2 heteroatoms. The lowest BCUT2D eigenvalue weighted by atomic mass is 9.98. The van der Waals surface area contributed by atoms with Gasteiger partial charge in [-0.25, -0.2) is 0 Å². The fourth-order valence-corrected chi connectivity index (χ4v) is 1.91. The van der Waals surface area contributed by atoms with E-state index in [2.05, 4.69) is 24.3 Å². The van der Waals surface area contributed by atoms with Gasteiger partial charge >= 0.3 is 0 Å². The second-order valence-corrected chi connectivity index (χ2v) is 3.79. The lowest BCUT2D eigenvalue weighted by Gasteiger charge is -2.07. The van der Waals surface area contributed by atoms with Crippen LogP contribution in [0.2, 0.25) is 0 Å². The summed E-state index contributed by atoms with van der Waals surface area (Å²) < 4.78 is 10.6. The van der Waals surface area contributed by atoms with Crippen LogP contribution in [0.5, 0.6) is 0 Å². The summed E-state index contributed by atoms with van der Waals surface area (Å²) in [4.78, 5) is 0. The van der Waals surface area contributed by atoms with Crippen molar-refractivity contribution in [1.29, 1.82) is 0 Å². The highest BCUT2D eigenvalue weighted by atomic mass is 16.7. The zero-order valence-corrected chi connectivity index (χ0v) is 8.48. The molecule has 2 nitrogen and oxygen atoms in total. The van der Waals surface area contributed by atoms with Crippen molar-refractivity contribution < 1.29 is 9.47 Å². The van der Waals surface area contributed by atoms with E-state index in [0.29, 0.717) is 5.92 Å². The minimum Gasteiger partial charge on any atom is -0.356 e. The van der Waals surface area contributed by atoms with Crippen LogP contribution in [-0.2, 0) is 15.9 Å². The van der Waals surface area contributed by atoms with Crippen LogP contribution >= 0.6 is 0 Å². The molecule has 0 aliphatic carbocycles. The zero-order valence-electron chi connectivity index (χ0n) is 8.48. The number of ether oxygens (including phenoxy) is 2. The summed E-state index contributed by atoms with van der Waals surface area (Å²) in [7, 11) is 1.70. The summed E-state index contributed by atoms with van der Waals surface area (Å²) in [5.74, 6) is 0.613. The predicted molar refractivity (Wildman–Crippen MR) is 55.0 cm³/mol. The molecule has 1 saturated heterocycles. The van der Waals surface area contributed by atoms with Gasteiger partial charge in [0.2, 0.25) is 0 Å². The molecule has 2 atom stereocenters. The molecule has 1 fully saturated rings. The fraction of sp³-hybridized carbons (Fsp3) is 0.500. The largest absolute Gasteiger partial charge is 0.356 e. The van der Waals surface area contributed by atoms with E-state index in [1.54, 1.807) is 7.11 Å². The van der Waals surface area contributed by atoms with Crippen LogP contribution in [0.3, 0.4) is 0 Å². The molecule has 76 valence electrons. The molecule has 0 bridgehead atoms. The number of rotatable bonds is 3. The van der Waals surface area contributed by atoms with E-state index in [1.165, 1.54) is 5.56 Å². The second kappa shape index (κ2) is 4.58. The molecular weight excluding hydrogens is 176 g/mol. The summed E-state index contributed by atoms with van der Waals surface area (Å²) in [6, 6.07) is 10.5. The number of benzene rings is 1. The number of methoxy groups -OCH3 is 1. The third kappa shape index (κ3) is 2.34. The highest BCUT2D eigenvalue weighted by Crippen LogP contribution is 2.23. The van der Waals surface area contributed by atoms with Gasteiger partial charge in [0, 0.05) is 13.5 Å². The van der Waals surface area contributed by atoms with E-state index in [4.69, 9.17) is 9.47 Å². The average molecular weight is 192 g/mol. The smallest absolute Gasteiger partial charge is 0.157 e. The highest BCUT2D eigenvalue weighted by molar-refractivity contribution is 5.15. The predicted octanol–water partition coefficient (Wildman–Crippen LogP) is 2.24. The SMILES string of the molecule is COC1CC(Cc2ccccc2)CO1. The lowest BCUT2D eigenvalue weighted by molar-refractivity contribution is -0.0881. The molecule has 1 heterocycles. The Labute approximate surface area is 84.8 Å². The molecule has 1 aliphatic rings. The first-order chi connectivity index (χ1) is 6.88. The topological polar surface area (TPSA) is 18.5 Å². The number of hydrogen-bond donors (Lipinski definition) is 0. The van der Waals surface area contributed by atoms with E-state index >= 15 is 0 Å². The Balaban J connectivity index is 1.88. The van der Waals surface area contributed by atoms with Crippen molar-refractivity contribution in [3.63, 3.8) is 0 Å². The normalized spacial score (nSPS) is 26.6. The van der Waals surface area contributed by atoms with Crippen LogP contribution in [0.4, 0.5) is 0 Å². The Morgan fingerprint density at radius 2 is 2.14 bits per heavy atom. The van der Waals surface area contributed by atoms with Gasteiger partial charge in [-0.2, -0.15) is 0 Å². The Bertz CT molecular complexity index is 271. The van der Waals surface area contributed by atoms with Gasteiger partial charge < -0.3 is 9.47 Å². The monoisotopic (exact) mass is 192 g/mol. The summed E-state index contributed by atoms with van der Waals surface area (Å²) in [5.41, 5.74) is 1.39. The third-order valence-electron chi connectivity index (χ3n) is 2.67. The van der Waals surface area contributed by atoms with Gasteiger partial charge in [-0.15, -0.1) is 0 Å². The minimum atomic E-state index is 0.0173. The van der Waals surface area contributed by atoms with Gasteiger partial charge in [-0.1, -0.05) is 30.3 Å². The van der Waals surface area contributed by atoms with Crippen molar-refractivity contribution >= 4 is 0 Å². The minimum absolute atomic E-state index is 0.0173. The van der Waals surface area contributed by atoms with Gasteiger partial charge in [0.1, 0.15) is 0 Å². The van der Waals surface area contributed by atoms with E-state index in [0.717, 1.165) is 19.4 Å². The molecule has 2 rings (SSSR count). The first kappa shape index (κ1) is 9.69. The molecule has 1 aromatic carbocycles. The average Bonchev–Trinajstić information content (AvgIpc) is 2.67. The van der Waals surface area contributed by atoms with E-state index in [9.17, 15) is 0 Å². The second-order valence-electron chi connectivity index (χ2n) is 3.79. The molecule has 0 saturated carbocycles. The van der Waals surface area contributed by atoms with E-state index in [1.807, 2.05) is 6.07 Å². The molecule has 2 unspecified atom stereocenters. The highest BCUT2D eigenvalue weighted by Gasteiger charge is 2.24. The van der Waals surface area contributed by atoms with Crippen molar-refractivity contribution in [1.82, 2.24) is 0 Å². The zero-order chi connectivity index (χ0) is 9.80. The molecule has 0 radical (unpaired) electrons. The summed E-state index contributed by atoms with van der Waals surface area (Å²) in [5, 5.41) is 0. The van der Waals surface area contributed by atoms with Gasteiger partial charge in [-0.05, 0) is 17.9 Å². The molecule has 0 spiro atoms. The Morgan fingerprint density at radius 1 is 1.36 bits per heavy atom. The van der Waals surface area contributed by atoms with Crippen LogP contribution in [0.1, 0.15) is 12.0 Å². The molecule has 0 aromatic heterocycles. The van der Waals surface area contributed by atoms with Gasteiger partial charge in [-0.3, -0.25) is 0 Å². The van der Waals surface area contributed by atoms with Crippen LogP contribution in [0, 0.1) is 5.92 Å². The Morgan fingerprint density at radius 3 is 2.79 bits per heavy atom. The van der Waals surface area contributed by atoms with Gasteiger partial charge in [0.05, 0.1) is 6.61 Å².